The van der Waals surface area contributed by atoms with Crippen LogP contribution < -0.4 is 21.9 Å². The number of carbonyl (C=O) groups is 1. The molecule has 0 radical (unpaired) electrons. The third-order valence-electron chi connectivity index (χ3n) is 2.58. The Morgan fingerprint density at radius 2 is 2.10 bits per heavy atom. The fraction of sp³-hybridized carbons (Fsp3) is 0.545. The van der Waals surface area contributed by atoms with Crippen molar-refractivity contribution in [3.05, 3.63) is 11.8 Å². The first kappa shape index (κ1) is 17.0. The van der Waals surface area contributed by atoms with Gasteiger partial charge in [0.15, 0.2) is 5.69 Å². The molecule has 0 unspecified atom stereocenters. The van der Waals surface area contributed by atoms with Crippen LogP contribution in [0, 0.1) is 0 Å². The average Bonchev–Trinajstić information content (AvgIpc) is 2.41. The number of nitrogen functional groups attached to an aromatic ring is 1. The van der Waals surface area contributed by atoms with E-state index in [2.05, 4.69) is 9.97 Å². The molecule has 0 fully saturated rings. The molecule has 1 heterocycles. The first-order chi connectivity index (χ1) is 9.77. The molecule has 1 aromatic rings. The van der Waals surface area contributed by atoms with Crippen molar-refractivity contribution in [2.75, 3.05) is 23.4 Å². The molecule has 0 bridgehead atoms. The summed E-state index contributed by atoms with van der Waals surface area (Å²) in [6.45, 7) is 2.02. The SMILES string of the molecule is CCCCN(CC(N)=O)c1cc(C(F)(F)F)nc(NN)n1. The third kappa shape index (κ3) is 5.06. The molecule has 1 rings (SSSR count). The van der Waals surface area contributed by atoms with Crippen LogP contribution in [0.5, 0.6) is 0 Å². The average molecular weight is 306 g/mol. The minimum atomic E-state index is -4.65. The summed E-state index contributed by atoms with van der Waals surface area (Å²) in [7, 11) is 0. The van der Waals surface area contributed by atoms with Gasteiger partial charge in [0.25, 0.3) is 0 Å². The topological polar surface area (TPSA) is 110 Å². The van der Waals surface area contributed by atoms with Gasteiger partial charge < -0.3 is 10.6 Å². The van der Waals surface area contributed by atoms with Crippen LogP contribution in [0.1, 0.15) is 25.5 Å². The number of anilines is 2. The normalized spacial score (nSPS) is 11.3. The largest absolute Gasteiger partial charge is 0.433 e. The standard InChI is InChI=1S/C11H17F3N6O/c1-2-3-4-20(6-8(15)21)9-5-7(11(12,13)14)17-10(18-9)19-16/h5H,2-4,6,16H2,1H3,(H2,15,21)(H,17,18,19). The molecule has 0 aliphatic rings. The minimum absolute atomic E-state index is 0.0578. The van der Waals surface area contributed by atoms with E-state index in [1.807, 2.05) is 12.3 Å². The van der Waals surface area contributed by atoms with Crippen LogP contribution in [-0.2, 0) is 11.0 Å². The van der Waals surface area contributed by atoms with E-state index in [-0.39, 0.29) is 18.3 Å². The van der Waals surface area contributed by atoms with Crippen LogP contribution in [-0.4, -0.2) is 29.0 Å². The molecular weight excluding hydrogens is 289 g/mol. The maximum absolute atomic E-state index is 12.8. The van der Waals surface area contributed by atoms with Crippen molar-refractivity contribution in [3.63, 3.8) is 0 Å². The zero-order chi connectivity index (χ0) is 16.0. The predicted molar refractivity (Wildman–Crippen MR) is 71.2 cm³/mol. The number of rotatable bonds is 7. The van der Waals surface area contributed by atoms with E-state index in [0.29, 0.717) is 13.0 Å². The molecule has 10 heteroatoms. The van der Waals surface area contributed by atoms with Gasteiger partial charge in [-0.25, -0.2) is 10.8 Å². The van der Waals surface area contributed by atoms with Crippen LogP contribution in [0.3, 0.4) is 0 Å². The minimum Gasteiger partial charge on any atom is -0.368 e. The highest BCUT2D eigenvalue weighted by molar-refractivity contribution is 5.79. The lowest BCUT2D eigenvalue weighted by molar-refractivity contribution is -0.141. The van der Waals surface area contributed by atoms with Gasteiger partial charge in [0.05, 0.1) is 6.54 Å². The Balaban J connectivity index is 3.19. The Kier molecular flexibility index (Phi) is 5.70. The number of halogens is 3. The van der Waals surface area contributed by atoms with Crippen molar-refractivity contribution < 1.29 is 18.0 Å². The number of alkyl halides is 3. The molecule has 0 saturated carbocycles. The fourth-order valence-electron chi connectivity index (χ4n) is 1.62. The second-order valence-corrected chi connectivity index (χ2v) is 4.32. The number of hydrogen-bond donors (Lipinski definition) is 3. The Morgan fingerprint density at radius 1 is 1.43 bits per heavy atom. The Labute approximate surface area is 119 Å². The van der Waals surface area contributed by atoms with Crippen LogP contribution in [0.2, 0.25) is 0 Å². The maximum Gasteiger partial charge on any atom is 0.433 e. The second kappa shape index (κ2) is 7.07. The number of aromatic nitrogens is 2. The molecule has 0 atom stereocenters. The van der Waals surface area contributed by atoms with Gasteiger partial charge in [-0.2, -0.15) is 18.2 Å². The summed E-state index contributed by atoms with van der Waals surface area (Å²) in [5.41, 5.74) is 5.94. The number of amides is 1. The van der Waals surface area contributed by atoms with Gasteiger partial charge in [-0.3, -0.25) is 10.2 Å². The number of nitrogens with zero attached hydrogens (tertiary/aromatic N) is 3. The predicted octanol–water partition coefficient (Wildman–Crippen LogP) is 0.873. The molecule has 0 aliphatic heterocycles. The monoisotopic (exact) mass is 306 g/mol. The van der Waals surface area contributed by atoms with Gasteiger partial charge in [0.2, 0.25) is 11.9 Å². The van der Waals surface area contributed by atoms with Crippen molar-refractivity contribution in [3.8, 4) is 0 Å². The number of unbranched alkanes of at least 4 members (excludes halogenated alkanes) is 1. The summed E-state index contributed by atoms with van der Waals surface area (Å²) in [6, 6.07) is 0.763. The van der Waals surface area contributed by atoms with Crippen molar-refractivity contribution in [1.82, 2.24) is 9.97 Å². The molecule has 21 heavy (non-hydrogen) atoms. The molecule has 1 amide bonds. The molecule has 0 aromatic carbocycles. The van der Waals surface area contributed by atoms with Crippen molar-refractivity contribution in [2.45, 2.75) is 25.9 Å². The molecule has 0 spiro atoms. The molecule has 118 valence electrons. The summed E-state index contributed by atoms with van der Waals surface area (Å²) in [5, 5.41) is 0. The summed E-state index contributed by atoms with van der Waals surface area (Å²) in [4.78, 5) is 19.5. The molecular formula is C11H17F3N6O. The smallest absolute Gasteiger partial charge is 0.368 e. The lowest BCUT2D eigenvalue weighted by Crippen LogP contribution is -2.35. The number of nitrogens with two attached hydrogens (primary N) is 2. The zero-order valence-corrected chi connectivity index (χ0v) is 11.4. The van der Waals surface area contributed by atoms with Crippen molar-refractivity contribution in [1.29, 1.82) is 0 Å². The highest BCUT2D eigenvalue weighted by Gasteiger charge is 2.34. The Hall–Kier alpha value is -2.10. The lowest BCUT2D eigenvalue weighted by atomic mass is 10.3. The fourth-order valence-corrected chi connectivity index (χ4v) is 1.62. The van der Waals surface area contributed by atoms with E-state index in [9.17, 15) is 18.0 Å². The summed E-state index contributed by atoms with van der Waals surface area (Å²) >= 11 is 0. The Morgan fingerprint density at radius 3 is 2.57 bits per heavy atom. The van der Waals surface area contributed by atoms with E-state index in [1.165, 1.54) is 4.90 Å². The molecule has 5 N–H and O–H groups in total. The van der Waals surface area contributed by atoms with Gasteiger partial charge in [-0.15, -0.1) is 0 Å². The molecule has 0 saturated heterocycles. The first-order valence-corrected chi connectivity index (χ1v) is 6.24. The summed E-state index contributed by atoms with van der Waals surface area (Å²) in [5.74, 6) is 3.97. The van der Waals surface area contributed by atoms with Crippen LogP contribution in [0.25, 0.3) is 0 Å². The van der Waals surface area contributed by atoms with Crippen molar-refractivity contribution >= 4 is 17.7 Å². The van der Waals surface area contributed by atoms with Gasteiger partial charge in [0.1, 0.15) is 5.82 Å². The molecule has 1 aromatic heterocycles. The van der Waals surface area contributed by atoms with Crippen molar-refractivity contribution in [2.24, 2.45) is 11.6 Å². The maximum atomic E-state index is 12.8. The van der Waals surface area contributed by atoms with Crippen LogP contribution >= 0.6 is 0 Å². The summed E-state index contributed by atoms with van der Waals surface area (Å²) < 4.78 is 38.4. The van der Waals surface area contributed by atoms with Gasteiger partial charge >= 0.3 is 6.18 Å². The zero-order valence-electron chi connectivity index (χ0n) is 11.4. The number of nitrogens with one attached hydrogen (secondary N) is 1. The highest BCUT2D eigenvalue weighted by Crippen LogP contribution is 2.30. The van der Waals surface area contributed by atoms with Gasteiger partial charge in [-0.1, -0.05) is 13.3 Å². The van der Waals surface area contributed by atoms with E-state index in [1.54, 1.807) is 0 Å². The van der Waals surface area contributed by atoms with Crippen LogP contribution in [0.15, 0.2) is 6.07 Å². The van der Waals surface area contributed by atoms with E-state index in [4.69, 9.17) is 11.6 Å². The quantitative estimate of drug-likeness (QED) is 0.509. The lowest BCUT2D eigenvalue weighted by Gasteiger charge is -2.23. The summed E-state index contributed by atoms with van der Waals surface area (Å²) in [6.07, 6.45) is -3.18. The number of primary amides is 1. The van der Waals surface area contributed by atoms with Gasteiger partial charge in [-0.05, 0) is 6.42 Å². The van der Waals surface area contributed by atoms with E-state index >= 15 is 0 Å². The third-order valence-corrected chi connectivity index (χ3v) is 2.58. The number of carbonyl (C=O) groups excluding carboxylic acids is 1. The first-order valence-electron chi connectivity index (χ1n) is 6.24. The number of hydrazine groups is 1. The van der Waals surface area contributed by atoms with Crippen LogP contribution in [0.4, 0.5) is 24.9 Å². The second-order valence-electron chi connectivity index (χ2n) is 4.32. The number of hydrogen-bond acceptors (Lipinski definition) is 6. The van der Waals surface area contributed by atoms with E-state index in [0.717, 1.165) is 12.5 Å². The van der Waals surface area contributed by atoms with E-state index < -0.39 is 17.8 Å². The molecule has 7 nitrogen and oxygen atoms in total. The molecule has 0 aliphatic carbocycles. The Bertz CT molecular complexity index is 493. The van der Waals surface area contributed by atoms with Gasteiger partial charge in [0, 0.05) is 12.6 Å². The highest BCUT2D eigenvalue weighted by atomic mass is 19.4.